The number of amides is 1. The van der Waals surface area contributed by atoms with Crippen molar-refractivity contribution in [2.45, 2.75) is 69.7 Å². The van der Waals surface area contributed by atoms with E-state index in [1.54, 1.807) is 54.5 Å². The Morgan fingerprint density at radius 1 is 1.09 bits per heavy atom. The van der Waals surface area contributed by atoms with Crippen LogP contribution in [0.1, 0.15) is 56.0 Å². The molecule has 2 aromatic carbocycles. The quantitative estimate of drug-likeness (QED) is 0.343. The maximum absolute atomic E-state index is 14.3. The van der Waals surface area contributed by atoms with Gasteiger partial charge in [-0.15, -0.1) is 0 Å². The minimum absolute atomic E-state index is 0.0751. The van der Waals surface area contributed by atoms with Crippen molar-refractivity contribution in [3.05, 3.63) is 84.2 Å². The average molecular weight is 639 g/mol. The van der Waals surface area contributed by atoms with Crippen LogP contribution in [0.15, 0.2) is 78.0 Å². The van der Waals surface area contributed by atoms with Crippen molar-refractivity contribution in [3.8, 4) is 5.75 Å². The predicted octanol–water partition coefficient (Wildman–Crippen LogP) is 4.81. The highest BCUT2D eigenvalue weighted by atomic mass is 32.2. The highest BCUT2D eigenvalue weighted by Crippen LogP contribution is 2.29. The first-order valence-electron chi connectivity index (χ1n) is 15.6. The lowest BCUT2D eigenvalue weighted by Crippen LogP contribution is -2.47. The van der Waals surface area contributed by atoms with Gasteiger partial charge in [-0.2, -0.15) is 0 Å². The molecule has 0 bridgehead atoms. The fraction of sp³-hybridized carbons (Fsp3) is 0.471. The number of anilines is 1. The van der Waals surface area contributed by atoms with Crippen LogP contribution in [0.2, 0.25) is 0 Å². The van der Waals surface area contributed by atoms with Gasteiger partial charge in [0.25, 0.3) is 15.9 Å². The second-order valence-electron chi connectivity index (χ2n) is 12.0. The van der Waals surface area contributed by atoms with E-state index < -0.39 is 16.1 Å². The van der Waals surface area contributed by atoms with Crippen LogP contribution in [0.3, 0.4) is 0 Å². The number of ether oxygens (including phenoxy) is 2. The number of sulfonamides is 1. The van der Waals surface area contributed by atoms with Crippen LogP contribution >= 0.6 is 0 Å². The van der Waals surface area contributed by atoms with Crippen LogP contribution in [0, 0.1) is 5.92 Å². The smallest absolute Gasteiger partial charge is 0.261 e. The SMILES string of the molecule is C[C@@H]1CCCCO[C@H](CN(C)Cc2ccncc2)[C@H](C)CN([C@H](C)CO)C(=O)c2cc(NS(=O)(=O)c3ccccc3)ccc2O1. The number of nitrogens with zero attached hydrogens (tertiary/aromatic N) is 3. The molecule has 1 aliphatic rings. The first kappa shape index (κ1) is 34.4. The van der Waals surface area contributed by atoms with E-state index >= 15 is 0 Å². The molecule has 0 fully saturated rings. The van der Waals surface area contributed by atoms with E-state index in [-0.39, 0.29) is 46.8 Å². The van der Waals surface area contributed by atoms with E-state index in [4.69, 9.17) is 9.47 Å². The summed E-state index contributed by atoms with van der Waals surface area (Å²) in [4.78, 5) is 22.4. The van der Waals surface area contributed by atoms with E-state index in [1.807, 2.05) is 26.1 Å². The number of carbonyl (C=O) groups excluding carboxylic acids is 1. The third-order valence-corrected chi connectivity index (χ3v) is 9.45. The van der Waals surface area contributed by atoms with Gasteiger partial charge in [0.15, 0.2) is 0 Å². The first-order chi connectivity index (χ1) is 21.6. The number of carbonyl (C=O) groups is 1. The van der Waals surface area contributed by atoms with Crippen molar-refractivity contribution in [1.82, 2.24) is 14.8 Å². The van der Waals surface area contributed by atoms with Crippen molar-refractivity contribution in [2.24, 2.45) is 5.92 Å². The molecule has 2 N–H and O–H groups in total. The molecule has 0 spiro atoms. The van der Waals surface area contributed by atoms with E-state index in [9.17, 15) is 18.3 Å². The molecule has 1 amide bonds. The molecule has 3 aromatic rings. The number of aromatic nitrogens is 1. The summed E-state index contributed by atoms with van der Waals surface area (Å²) in [6.45, 7) is 7.88. The molecule has 1 aliphatic heterocycles. The van der Waals surface area contributed by atoms with Gasteiger partial charge >= 0.3 is 0 Å². The lowest BCUT2D eigenvalue weighted by atomic mass is 10.0. The van der Waals surface area contributed by atoms with Gasteiger partial charge in [-0.3, -0.25) is 19.4 Å². The molecule has 0 saturated carbocycles. The Kier molecular flexibility index (Phi) is 12.3. The van der Waals surface area contributed by atoms with Crippen molar-refractivity contribution < 1.29 is 27.8 Å². The molecule has 244 valence electrons. The van der Waals surface area contributed by atoms with Gasteiger partial charge in [0, 0.05) is 50.2 Å². The van der Waals surface area contributed by atoms with E-state index in [2.05, 4.69) is 21.5 Å². The van der Waals surface area contributed by atoms with E-state index in [0.717, 1.165) is 31.4 Å². The average Bonchev–Trinajstić information content (AvgIpc) is 3.03. The number of hydrogen-bond donors (Lipinski definition) is 2. The van der Waals surface area contributed by atoms with Gasteiger partial charge in [0.1, 0.15) is 5.75 Å². The summed E-state index contributed by atoms with van der Waals surface area (Å²) in [6.07, 6.45) is 5.73. The molecule has 4 rings (SSSR count). The normalized spacial score (nSPS) is 21.0. The summed E-state index contributed by atoms with van der Waals surface area (Å²) in [5.41, 5.74) is 1.62. The number of nitrogens with one attached hydrogen (secondary N) is 1. The lowest BCUT2D eigenvalue weighted by molar-refractivity contribution is -0.0177. The molecule has 0 unspecified atom stereocenters. The second-order valence-corrected chi connectivity index (χ2v) is 13.7. The number of rotatable bonds is 9. The summed E-state index contributed by atoms with van der Waals surface area (Å²) in [5.74, 6) is -0.0546. The van der Waals surface area contributed by atoms with E-state index in [0.29, 0.717) is 25.4 Å². The van der Waals surface area contributed by atoms with Crippen LogP contribution in [-0.2, 0) is 21.3 Å². The third kappa shape index (κ3) is 9.74. The van der Waals surface area contributed by atoms with Gasteiger partial charge in [-0.25, -0.2) is 8.42 Å². The molecule has 0 aliphatic carbocycles. The monoisotopic (exact) mass is 638 g/mol. The van der Waals surface area contributed by atoms with Crippen molar-refractivity contribution in [1.29, 1.82) is 0 Å². The fourth-order valence-electron chi connectivity index (χ4n) is 5.43. The summed E-state index contributed by atoms with van der Waals surface area (Å²) >= 11 is 0. The fourth-order valence-corrected chi connectivity index (χ4v) is 6.50. The maximum Gasteiger partial charge on any atom is 0.261 e. The Morgan fingerprint density at radius 2 is 1.82 bits per heavy atom. The lowest BCUT2D eigenvalue weighted by Gasteiger charge is -2.36. The van der Waals surface area contributed by atoms with Crippen molar-refractivity contribution >= 4 is 21.6 Å². The Balaban J connectivity index is 1.64. The molecule has 45 heavy (non-hydrogen) atoms. The number of pyridine rings is 1. The Labute approximate surface area is 267 Å². The van der Waals surface area contributed by atoms with E-state index in [1.165, 1.54) is 18.2 Å². The highest BCUT2D eigenvalue weighted by Gasteiger charge is 2.30. The van der Waals surface area contributed by atoms with Crippen LogP contribution in [0.5, 0.6) is 5.75 Å². The van der Waals surface area contributed by atoms with Crippen molar-refractivity contribution in [3.63, 3.8) is 0 Å². The Hall–Kier alpha value is -3.51. The summed E-state index contributed by atoms with van der Waals surface area (Å²) in [6, 6.07) is 16.3. The third-order valence-electron chi connectivity index (χ3n) is 8.05. The molecule has 0 saturated heterocycles. The number of benzene rings is 2. The first-order valence-corrected chi connectivity index (χ1v) is 17.0. The molecule has 0 radical (unpaired) electrons. The number of fused-ring (bicyclic) bond motifs is 1. The topological polar surface area (TPSA) is 121 Å². The zero-order valence-electron chi connectivity index (χ0n) is 26.6. The van der Waals surface area contributed by atoms with Gasteiger partial charge in [0.2, 0.25) is 0 Å². The number of aliphatic hydroxyl groups is 1. The number of likely N-dealkylation sites (N-methyl/N-ethyl adjacent to an activating group) is 1. The van der Waals surface area contributed by atoms with Gasteiger partial charge in [-0.05, 0) is 88.2 Å². The minimum Gasteiger partial charge on any atom is -0.490 e. The van der Waals surface area contributed by atoms with Crippen LogP contribution in [0.25, 0.3) is 0 Å². The zero-order chi connectivity index (χ0) is 32.4. The zero-order valence-corrected chi connectivity index (χ0v) is 27.4. The molecule has 1 aromatic heterocycles. The summed E-state index contributed by atoms with van der Waals surface area (Å²) in [7, 11) is -1.83. The molecule has 11 heteroatoms. The standard InChI is InChI=1S/C34H46N4O6S/c1-25-21-38(26(2)24-39)34(40)31-20-29(36-45(41,42)30-11-6-5-7-12-30)13-14-32(31)44-27(3)10-8-9-19-43-33(25)23-37(4)22-28-15-17-35-18-16-28/h5-7,11-18,20,25-27,33,36,39H,8-10,19,21-24H2,1-4H3/t25-,26-,27-,33-/m1/s1. The summed E-state index contributed by atoms with van der Waals surface area (Å²) in [5, 5.41) is 10.2. The van der Waals surface area contributed by atoms with Gasteiger partial charge in [-0.1, -0.05) is 25.1 Å². The molecule has 2 heterocycles. The molecular formula is C34H46N4O6S. The van der Waals surface area contributed by atoms with Crippen LogP contribution < -0.4 is 9.46 Å². The van der Waals surface area contributed by atoms with Crippen molar-refractivity contribution in [2.75, 3.05) is 38.1 Å². The number of aliphatic hydroxyl groups excluding tert-OH is 1. The predicted molar refractivity (Wildman–Crippen MR) is 175 cm³/mol. The van der Waals surface area contributed by atoms with Gasteiger partial charge in [0.05, 0.1) is 35.3 Å². The largest absolute Gasteiger partial charge is 0.490 e. The molecular weight excluding hydrogens is 592 g/mol. The molecule has 10 nitrogen and oxygen atoms in total. The molecule has 4 atom stereocenters. The Morgan fingerprint density at radius 3 is 2.53 bits per heavy atom. The van der Waals surface area contributed by atoms with Gasteiger partial charge < -0.3 is 19.5 Å². The summed E-state index contributed by atoms with van der Waals surface area (Å²) < 4.78 is 41.5. The highest BCUT2D eigenvalue weighted by molar-refractivity contribution is 7.92. The number of hydrogen-bond acceptors (Lipinski definition) is 8. The minimum atomic E-state index is -3.88. The maximum atomic E-state index is 14.3. The van der Waals surface area contributed by atoms with Crippen LogP contribution in [0.4, 0.5) is 5.69 Å². The second kappa shape index (κ2) is 16.2. The van der Waals surface area contributed by atoms with Crippen LogP contribution in [-0.4, -0.2) is 85.8 Å². The Bertz CT molecular complexity index is 1470.